The highest BCUT2D eigenvalue weighted by atomic mass is 32.2. The second-order valence-corrected chi connectivity index (χ2v) is 19.0. The highest BCUT2D eigenvalue weighted by molar-refractivity contribution is 7.92. The Kier molecular flexibility index (Phi) is 11.2. The summed E-state index contributed by atoms with van der Waals surface area (Å²) in [5.74, 6) is -2.27. The first kappa shape index (κ1) is 39.4. The zero-order chi connectivity index (χ0) is 39.7. The quantitative estimate of drug-likeness (QED) is 0.199. The summed E-state index contributed by atoms with van der Waals surface area (Å²) in [5.41, 5.74) is -0.605. The zero-order valence-electron chi connectivity index (χ0n) is 31.2. The molecule has 0 radical (unpaired) electrons. The van der Waals surface area contributed by atoms with E-state index >= 15 is 0 Å². The van der Waals surface area contributed by atoms with Crippen LogP contribution in [0.2, 0.25) is 0 Å². The van der Waals surface area contributed by atoms with Gasteiger partial charge in [0.1, 0.15) is 39.2 Å². The molecule has 3 aromatic heterocycles. The summed E-state index contributed by atoms with van der Waals surface area (Å²) >= 11 is 2.44. The molecule has 5 atom stereocenters. The molecule has 296 valence electrons. The van der Waals surface area contributed by atoms with Crippen molar-refractivity contribution in [3.8, 4) is 16.5 Å². The Hall–Kier alpha value is -4.87. The number of ether oxygens (including phenoxy) is 2. The molecule has 17 heteroatoms. The Morgan fingerprint density at radius 2 is 1.73 bits per heavy atom. The van der Waals surface area contributed by atoms with E-state index in [1.807, 2.05) is 53.9 Å². The van der Waals surface area contributed by atoms with Crippen molar-refractivity contribution >= 4 is 67.5 Å². The number of fused-ring (bicyclic) bond motifs is 3. The minimum Gasteiger partial charge on any atom is -0.471 e. The number of benzene rings is 1. The van der Waals surface area contributed by atoms with Crippen LogP contribution >= 0.6 is 22.7 Å². The standard InChI is InChI=1S/C39H44N6O8S3/c1-38(2,3)53-37(49)42-28-16-8-6-4-5-7-13-24-22-39(24,36(48)44-56(50,51)31-18-12-20-55-31)43-33(46)29-21-25(23-45(29)35(28)47)52-34-32(30-17-11-19-54-30)40-26-14-9-10-15-27(26)41-34/h7,9-15,17-20,24-25,28-29H,4-6,8,16,21-23H2,1-3H3,(H,42,49)(H,43,46)(H,44,48)/b13-7-/t24?,25-,28-,29+,39-/m1/s1. The highest BCUT2D eigenvalue weighted by Gasteiger charge is 2.61. The molecular weight excluding hydrogens is 777 g/mol. The van der Waals surface area contributed by atoms with E-state index in [9.17, 15) is 27.6 Å². The van der Waals surface area contributed by atoms with E-state index in [4.69, 9.17) is 19.4 Å². The van der Waals surface area contributed by atoms with Crippen LogP contribution in [0.25, 0.3) is 21.6 Å². The fourth-order valence-corrected chi connectivity index (χ4v) is 9.83. The lowest BCUT2D eigenvalue weighted by atomic mass is 10.0. The molecule has 7 rings (SSSR count). The number of nitrogens with one attached hydrogen (secondary N) is 3. The third-order valence-electron chi connectivity index (χ3n) is 9.89. The van der Waals surface area contributed by atoms with E-state index < -0.39 is 69.1 Å². The van der Waals surface area contributed by atoms with Gasteiger partial charge in [0.25, 0.3) is 15.9 Å². The van der Waals surface area contributed by atoms with Crippen molar-refractivity contribution in [2.75, 3.05) is 6.54 Å². The topological polar surface area (TPSA) is 186 Å². The molecule has 5 heterocycles. The van der Waals surface area contributed by atoms with E-state index in [-0.39, 0.29) is 29.5 Å². The summed E-state index contributed by atoms with van der Waals surface area (Å²) in [5, 5.41) is 9.13. The summed E-state index contributed by atoms with van der Waals surface area (Å²) in [6.07, 6.45) is 5.55. The van der Waals surface area contributed by atoms with Crippen LogP contribution in [0.5, 0.6) is 5.88 Å². The first-order valence-corrected chi connectivity index (χ1v) is 21.8. The van der Waals surface area contributed by atoms with Gasteiger partial charge < -0.3 is 25.0 Å². The number of nitrogens with zero attached hydrogens (tertiary/aromatic N) is 3. The van der Waals surface area contributed by atoms with E-state index in [1.165, 1.54) is 22.3 Å². The number of allylic oxidation sites excluding steroid dienone is 1. The zero-order valence-corrected chi connectivity index (χ0v) is 33.7. The number of alkyl carbamates (subject to hydrolysis) is 1. The Morgan fingerprint density at radius 3 is 2.45 bits per heavy atom. The average molecular weight is 821 g/mol. The van der Waals surface area contributed by atoms with Crippen molar-refractivity contribution in [2.24, 2.45) is 5.92 Å². The van der Waals surface area contributed by atoms with Gasteiger partial charge in [0.05, 0.1) is 22.5 Å². The van der Waals surface area contributed by atoms with Crippen LogP contribution in [0, 0.1) is 5.92 Å². The Labute approximate surface area is 333 Å². The number of rotatable bonds is 7. The molecule has 1 unspecified atom stereocenters. The predicted molar refractivity (Wildman–Crippen MR) is 211 cm³/mol. The van der Waals surface area contributed by atoms with Crippen LogP contribution in [0.15, 0.2) is 75.7 Å². The van der Waals surface area contributed by atoms with Gasteiger partial charge in [-0.15, -0.1) is 22.7 Å². The van der Waals surface area contributed by atoms with Crippen LogP contribution in [0.1, 0.15) is 65.7 Å². The van der Waals surface area contributed by atoms with Crippen LogP contribution in [-0.4, -0.2) is 83.0 Å². The number of hydrogen-bond donors (Lipinski definition) is 3. The Morgan fingerprint density at radius 1 is 0.982 bits per heavy atom. The average Bonchev–Trinajstić information content (AvgIpc) is 3.67. The molecule has 1 aliphatic carbocycles. The number of thiophene rings is 2. The van der Waals surface area contributed by atoms with Crippen molar-refractivity contribution in [1.82, 2.24) is 30.2 Å². The summed E-state index contributed by atoms with van der Waals surface area (Å²) in [7, 11) is -4.21. The number of carbonyl (C=O) groups is 4. The first-order chi connectivity index (χ1) is 26.7. The van der Waals surface area contributed by atoms with Crippen LogP contribution in [0.4, 0.5) is 4.79 Å². The number of carbonyl (C=O) groups excluding carboxylic acids is 4. The molecular formula is C39H44N6O8S3. The fraction of sp³-hybridized carbons (Fsp3) is 0.436. The Balaban J connectivity index is 1.22. The maximum Gasteiger partial charge on any atom is 0.408 e. The molecule has 0 spiro atoms. The predicted octanol–water partition coefficient (Wildman–Crippen LogP) is 5.56. The molecule has 3 N–H and O–H groups in total. The smallest absolute Gasteiger partial charge is 0.408 e. The molecule has 0 bridgehead atoms. The summed E-state index contributed by atoms with van der Waals surface area (Å²) in [6.45, 7) is 5.13. The number of para-hydroxylation sites is 2. The minimum absolute atomic E-state index is 0.0147. The third-order valence-corrected chi connectivity index (χ3v) is 13.5. The van der Waals surface area contributed by atoms with Crippen LogP contribution in [-0.2, 0) is 29.1 Å². The summed E-state index contributed by atoms with van der Waals surface area (Å²) in [4.78, 5) is 67.9. The minimum atomic E-state index is -4.21. The van der Waals surface area contributed by atoms with Gasteiger partial charge >= 0.3 is 6.09 Å². The second kappa shape index (κ2) is 15.9. The molecule has 56 heavy (non-hydrogen) atoms. The van der Waals surface area contributed by atoms with Gasteiger partial charge in [0.2, 0.25) is 17.7 Å². The lowest BCUT2D eigenvalue weighted by Gasteiger charge is -2.30. The number of aromatic nitrogens is 2. The van der Waals surface area contributed by atoms with Crippen molar-refractivity contribution in [2.45, 2.75) is 99.3 Å². The Bertz CT molecular complexity index is 2240. The van der Waals surface area contributed by atoms with E-state index in [0.29, 0.717) is 36.0 Å². The normalized spacial score (nSPS) is 25.2. The molecule has 4 aromatic rings. The van der Waals surface area contributed by atoms with Gasteiger partial charge in [0.15, 0.2) is 0 Å². The van der Waals surface area contributed by atoms with Crippen LogP contribution < -0.4 is 20.1 Å². The van der Waals surface area contributed by atoms with E-state index in [2.05, 4.69) is 15.4 Å². The van der Waals surface area contributed by atoms with Crippen LogP contribution in [0.3, 0.4) is 0 Å². The monoisotopic (exact) mass is 820 g/mol. The molecule has 2 fully saturated rings. The SMILES string of the molecule is CC(C)(C)OC(=O)N[C@@H]1CCCCC/C=C\C2C[C@@]2(C(=O)NS(=O)(=O)c2cccs2)NC(=O)[C@@H]2C[C@@H](Oc3nc4ccccc4nc3-c3cccs3)CN2C1=O. The number of hydrogen-bond acceptors (Lipinski definition) is 12. The fourth-order valence-electron chi connectivity index (χ4n) is 7.09. The lowest BCUT2D eigenvalue weighted by molar-refractivity contribution is -0.141. The molecule has 14 nitrogen and oxygen atoms in total. The van der Waals surface area contributed by atoms with Gasteiger partial charge in [-0.3, -0.25) is 14.4 Å². The van der Waals surface area contributed by atoms with Crippen molar-refractivity contribution in [3.05, 3.63) is 71.4 Å². The maximum absolute atomic E-state index is 14.6. The molecule has 4 amide bonds. The molecule has 2 aliphatic heterocycles. The van der Waals surface area contributed by atoms with E-state index in [0.717, 1.165) is 29.1 Å². The molecule has 3 aliphatic rings. The first-order valence-electron chi connectivity index (χ1n) is 18.6. The summed E-state index contributed by atoms with van der Waals surface area (Å²) < 4.78 is 40.5. The molecule has 1 aromatic carbocycles. The van der Waals surface area contributed by atoms with Crippen molar-refractivity contribution < 1.29 is 37.1 Å². The maximum atomic E-state index is 14.6. The van der Waals surface area contributed by atoms with E-state index in [1.54, 1.807) is 32.2 Å². The van der Waals surface area contributed by atoms with Crippen molar-refractivity contribution in [1.29, 1.82) is 0 Å². The summed E-state index contributed by atoms with van der Waals surface area (Å²) in [6, 6.07) is 12.0. The largest absolute Gasteiger partial charge is 0.471 e. The van der Waals surface area contributed by atoms with Gasteiger partial charge in [-0.1, -0.05) is 49.3 Å². The van der Waals surface area contributed by atoms with Crippen molar-refractivity contribution in [3.63, 3.8) is 0 Å². The molecule has 1 saturated carbocycles. The van der Waals surface area contributed by atoms with Gasteiger partial charge in [0, 0.05) is 12.3 Å². The van der Waals surface area contributed by atoms with Gasteiger partial charge in [-0.05, 0) is 81.5 Å². The molecule has 1 saturated heterocycles. The van der Waals surface area contributed by atoms with Gasteiger partial charge in [-0.25, -0.2) is 27.9 Å². The number of sulfonamides is 1. The number of amides is 4. The highest BCUT2D eigenvalue weighted by Crippen LogP contribution is 2.46. The third kappa shape index (κ3) is 8.74. The van der Waals surface area contributed by atoms with Gasteiger partial charge in [-0.2, -0.15) is 0 Å². The second-order valence-electron chi connectivity index (χ2n) is 15.2. The lowest BCUT2D eigenvalue weighted by Crippen LogP contribution is -2.58.